The maximum absolute atomic E-state index is 12.6. The van der Waals surface area contributed by atoms with Crippen LogP contribution in [-0.4, -0.2) is 26.6 Å². The summed E-state index contributed by atoms with van der Waals surface area (Å²) in [4.78, 5) is 3.34. The van der Waals surface area contributed by atoms with Crippen molar-refractivity contribution in [2.75, 3.05) is 5.33 Å². The van der Waals surface area contributed by atoms with Crippen LogP contribution in [0.4, 0.5) is 4.39 Å². The third kappa shape index (κ3) is 2.72. The van der Waals surface area contributed by atoms with Crippen LogP contribution in [0.1, 0.15) is 11.7 Å². The average molecular weight is 250 g/mol. The molecule has 0 spiro atoms. The van der Waals surface area contributed by atoms with Crippen LogP contribution in [0, 0.1) is 5.95 Å². The normalized spacial score (nSPS) is 15.4. The van der Waals surface area contributed by atoms with Gasteiger partial charge in [-0.3, -0.25) is 0 Å². The van der Waals surface area contributed by atoms with Crippen molar-refractivity contribution >= 4 is 15.9 Å². The fraction of sp³-hybridized carbons (Fsp3) is 0.375. The Hall–Kier alpha value is -0.520. The number of aliphatic hydroxyl groups excluding tert-OH is 2. The Kier molecular flexibility index (Phi) is 3.77. The number of hydrogen-bond donors (Lipinski definition) is 2. The Morgan fingerprint density at radius 3 is 2.77 bits per heavy atom. The highest BCUT2D eigenvalue weighted by molar-refractivity contribution is 9.09. The molecule has 2 unspecified atom stereocenters. The van der Waals surface area contributed by atoms with E-state index in [1.807, 2.05) is 0 Å². The van der Waals surface area contributed by atoms with Gasteiger partial charge in [-0.1, -0.05) is 15.9 Å². The number of aromatic nitrogens is 1. The van der Waals surface area contributed by atoms with E-state index < -0.39 is 18.2 Å². The zero-order valence-electron chi connectivity index (χ0n) is 6.69. The van der Waals surface area contributed by atoms with Gasteiger partial charge < -0.3 is 10.2 Å². The minimum absolute atomic E-state index is 0.234. The topological polar surface area (TPSA) is 53.4 Å². The smallest absolute Gasteiger partial charge is 0.213 e. The van der Waals surface area contributed by atoms with E-state index in [1.165, 1.54) is 12.3 Å². The number of pyridine rings is 1. The molecule has 3 nitrogen and oxygen atoms in total. The van der Waals surface area contributed by atoms with E-state index >= 15 is 0 Å². The van der Waals surface area contributed by atoms with Gasteiger partial charge in [0.05, 0.1) is 6.10 Å². The van der Waals surface area contributed by atoms with Crippen LogP contribution in [0.25, 0.3) is 0 Å². The summed E-state index contributed by atoms with van der Waals surface area (Å²) in [6, 6.07) is 2.55. The molecule has 13 heavy (non-hydrogen) atoms. The molecule has 0 aliphatic carbocycles. The molecule has 1 heterocycles. The van der Waals surface area contributed by atoms with Crippen molar-refractivity contribution in [3.05, 3.63) is 29.8 Å². The second kappa shape index (κ2) is 4.64. The maximum atomic E-state index is 12.6. The molecule has 0 radical (unpaired) electrons. The van der Waals surface area contributed by atoms with Gasteiger partial charge in [-0.25, -0.2) is 4.98 Å². The van der Waals surface area contributed by atoms with Crippen LogP contribution < -0.4 is 0 Å². The van der Waals surface area contributed by atoms with Gasteiger partial charge in [0.1, 0.15) is 6.10 Å². The van der Waals surface area contributed by atoms with Gasteiger partial charge in [0.2, 0.25) is 5.95 Å². The van der Waals surface area contributed by atoms with Gasteiger partial charge >= 0.3 is 0 Å². The maximum Gasteiger partial charge on any atom is 0.213 e. The second-order valence-electron chi connectivity index (χ2n) is 2.58. The summed E-state index contributed by atoms with van der Waals surface area (Å²) < 4.78 is 12.6. The number of nitrogens with zero attached hydrogens (tertiary/aromatic N) is 1. The van der Waals surface area contributed by atoms with Crippen molar-refractivity contribution in [2.24, 2.45) is 0 Å². The Morgan fingerprint density at radius 2 is 2.23 bits per heavy atom. The first kappa shape index (κ1) is 10.6. The SMILES string of the molecule is OC(CBr)C(O)c1ccnc(F)c1. The monoisotopic (exact) mass is 249 g/mol. The summed E-state index contributed by atoms with van der Waals surface area (Å²) >= 11 is 3.01. The number of hydrogen-bond acceptors (Lipinski definition) is 3. The Balaban J connectivity index is 2.82. The Morgan fingerprint density at radius 1 is 1.54 bits per heavy atom. The lowest BCUT2D eigenvalue weighted by atomic mass is 10.1. The lowest BCUT2D eigenvalue weighted by molar-refractivity contribution is 0.0340. The molecule has 0 aliphatic heterocycles. The number of alkyl halides is 1. The molecule has 0 fully saturated rings. The largest absolute Gasteiger partial charge is 0.389 e. The van der Waals surface area contributed by atoms with E-state index in [1.54, 1.807) is 0 Å². The zero-order valence-corrected chi connectivity index (χ0v) is 8.28. The van der Waals surface area contributed by atoms with Gasteiger partial charge in [0.25, 0.3) is 0 Å². The molecule has 5 heteroatoms. The standard InChI is InChI=1S/C8H9BrFNO2/c9-4-6(12)8(13)5-1-2-11-7(10)3-5/h1-3,6,8,12-13H,4H2. The van der Waals surface area contributed by atoms with Gasteiger partial charge in [0, 0.05) is 11.5 Å². The molecule has 1 rings (SSSR count). The van der Waals surface area contributed by atoms with E-state index in [2.05, 4.69) is 20.9 Å². The first-order valence-electron chi connectivity index (χ1n) is 3.68. The van der Waals surface area contributed by atoms with Crippen molar-refractivity contribution in [2.45, 2.75) is 12.2 Å². The molecule has 0 aromatic carbocycles. The summed E-state index contributed by atoms with van der Waals surface area (Å²) in [5.74, 6) is -0.668. The highest BCUT2D eigenvalue weighted by Gasteiger charge is 2.17. The van der Waals surface area contributed by atoms with Crippen LogP contribution >= 0.6 is 15.9 Å². The first-order chi connectivity index (χ1) is 6.15. The minimum atomic E-state index is -1.09. The van der Waals surface area contributed by atoms with Crippen molar-refractivity contribution in [1.29, 1.82) is 0 Å². The van der Waals surface area contributed by atoms with Crippen LogP contribution in [0.2, 0.25) is 0 Å². The lowest BCUT2D eigenvalue weighted by Gasteiger charge is -2.15. The van der Waals surface area contributed by atoms with Gasteiger partial charge in [-0.05, 0) is 17.7 Å². The zero-order chi connectivity index (χ0) is 9.84. The fourth-order valence-electron chi connectivity index (χ4n) is 0.908. The van der Waals surface area contributed by atoms with E-state index in [4.69, 9.17) is 0 Å². The van der Waals surface area contributed by atoms with Gasteiger partial charge in [0.15, 0.2) is 0 Å². The number of aliphatic hydroxyl groups is 2. The van der Waals surface area contributed by atoms with Gasteiger partial charge in [-0.15, -0.1) is 0 Å². The predicted molar refractivity (Wildman–Crippen MR) is 49.0 cm³/mol. The molecule has 2 atom stereocenters. The molecule has 0 saturated carbocycles. The second-order valence-corrected chi connectivity index (χ2v) is 3.23. The van der Waals surface area contributed by atoms with Crippen molar-refractivity contribution in [3.63, 3.8) is 0 Å². The summed E-state index contributed by atoms with van der Waals surface area (Å²) in [5, 5.41) is 18.9. The molecular weight excluding hydrogens is 241 g/mol. The van der Waals surface area contributed by atoms with Crippen molar-refractivity contribution < 1.29 is 14.6 Å². The third-order valence-corrected chi connectivity index (χ3v) is 2.28. The van der Waals surface area contributed by atoms with Crippen LogP contribution in [-0.2, 0) is 0 Å². The molecule has 1 aromatic heterocycles. The minimum Gasteiger partial charge on any atom is -0.389 e. The summed E-state index contributed by atoms with van der Waals surface area (Å²) in [7, 11) is 0. The van der Waals surface area contributed by atoms with E-state index in [0.717, 1.165) is 6.07 Å². The third-order valence-electron chi connectivity index (χ3n) is 1.61. The van der Waals surface area contributed by atoms with E-state index in [9.17, 15) is 14.6 Å². The fourth-order valence-corrected chi connectivity index (χ4v) is 1.26. The van der Waals surface area contributed by atoms with E-state index in [-0.39, 0.29) is 5.33 Å². The predicted octanol–water partition coefficient (Wildman–Crippen LogP) is 1.01. The molecule has 0 saturated heterocycles. The average Bonchev–Trinajstić information content (AvgIpc) is 2.15. The van der Waals surface area contributed by atoms with Crippen LogP contribution in [0.5, 0.6) is 0 Å². The molecule has 72 valence electrons. The number of halogens is 2. The highest BCUT2D eigenvalue weighted by Crippen LogP contribution is 2.17. The summed E-state index contributed by atoms with van der Waals surface area (Å²) in [5.41, 5.74) is 0.319. The highest BCUT2D eigenvalue weighted by atomic mass is 79.9. The Bertz CT molecular complexity index is 285. The number of rotatable bonds is 3. The summed E-state index contributed by atoms with van der Waals surface area (Å²) in [6.45, 7) is 0. The lowest BCUT2D eigenvalue weighted by Crippen LogP contribution is -2.19. The summed E-state index contributed by atoms with van der Waals surface area (Å²) in [6.07, 6.45) is -0.784. The van der Waals surface area contributed by atoms with Crippen LogP contribution in [0.15, 0.2) is 18.3 Å². The Labute approximate surface area is 83.4 Å². The van der Waals surface area contributed by atoms with E-state index in [0.29, 0.717) is 5.56 Å². The van der Waals surface area contributed by atoms with Crippen molar-refractivity contribution in [1.82, 2.24) is 4.98 Å². The van der Waals surface area contributed by atoms with Gasteiger partial charge in [-0.2, -0.15) is 4.39 Å². The molecular formula is C8H9BrFNO2. The van der Waals surface area contributed by atoms with Crippen LogP contribution in [0.3, 0.4) is 0 Å². The molecule has 2 N–H and O–H groups in total. The molecule has 1 aromatic rings. The molecule has 0 bridgehead atoms. The first-order valence-corrected chi connectivity index (χ1v) is 4.81. The molecule has 0 aliphatic rings. The quantitative estimate of drug-likeness (QED) is 0.621. The van der Waals surface area contributed by atoms with Crippen molar-refractivity contribution in [3.8, 4) is 0 Å². The molecule has 0 amide bonds.